The number of nitrogens with one attached hydrogen (secondary N) is 1. The molecule has 0 aliphatic carbocycles. The molecule has 0 saturated carbocycles. The molecule has 1 atom stereocenters. The van der Waals surface area contributed by atoms with E-state index < -0.39 is 0 Å². The van der Waals surface area contributed by atoms with Crippen LogP contribution in [0.1, 0.15) is 24.0 Å². The van der Waals surface area contributed by atoms with Crippen molar-refractivity contribution in [2.45, 2.75) is 25.9 Å². The summed E-state index contributed by atoms with van der Waals surface area (Å²) in [6.07, 6.45) is 2.06. The molecule has 3 aromatic rings. The van der Waals surface area contributed by atoms with Gasteiger partial charge in [-0.1, -0.05) is 72.8 Å². The molecule has 3 nitrogen and oxygen atoms in total. The number of hydrogen-bond donors (Lipinski definition) is 1. The molecule has 1 aliphatic rings. The van der Waals surface area contributed by atoms with Crippen molar-refractivity contribution < 1.29 is 4.79 Å². The lowest BCUT2D eigenvalue weighted by Gasteiger charge is -2.32. The van der Waals surface area contributed by atoms with Crippen molar-refractivity contribution >= 4 is 16.7 Å². The van der Waals surface area contributed by atoms with Crippen LogP contribution in [0.3, 0.4) is 0 Å². The molecular formula is C24H26N2O. The number of hydrogen-bond acceptors (Lipinski definition) is 2. The van der Waals surface area contributed by atoms with Gasteiger partial charge in [0.05, 0.1) is 5.92 Å². The van der Waals surface area contributed by atoms with Crippen LogP contribution < -0.4 is 5.32 Å². The van der Waals surface area contributed by atoms with Crippen molar-refractivity contribution in [1.82, 2.24) is 10.2 Å². The van der Waals surface area contributed by atoms with Gasteiger partial charge >= 0.3 is 0 Å². The number of carbonyl (C=O) groups excluding carboxylic acids is 1. The highest BCUT2D eigenvalue weighted by molar-refractivity contribution is 5.86. The van der Waals surface area contributed by atoms with Gasteiger partial charge in [-0.05, 0) is 41.3 Å². The molecule has 1 N–H and O–H groups in total. The monoisotopic (exact) mass is 358 g/mol. The average Bonchev–Trinajstić information content (AvgIpc) is 2.73. The van der Waals surface area contributed by atoms with Crippen LogP contribution in [0.15, 0.2) is 72.8 Å². The number of amides is 1. The van der Waals surface area contributed by atoms with Gasteiger partial charge < -0.3 is 5.32 Å². The smallest absolute Gasteiger partial charge is 0.224 e. The highest BCUT2D eigenvalue weighted by atomic mass is 16.1. The van der Waals surface area contributed by atoms with E-state index in [1.807, 2.05) is 12.1 Å². The largest absolute Gasteiger partial charge is 0.352 e. The molecule has 1 unspecified atom stereocenters. The maximum atomic E-state index is 12.8. The van der Waals surface area contributed by atoms with Gasteiger partial charge in [-0.15, -0.1) is 0 Å². The SMILES string of the molecule is O=C(NCc1cccc2ccccc12)C1CCCN(Cc2ccccc2)C1. The number of benzene rings is 3. The van der Waals surface area contributed by atoms with Crippen LogP contribution in [0, 0.1) is 5.92 Å². The first-order valence-electron chi connectivity index (χ1n) is 9.80. The third kappa shape index (κ3) is 4.37. The molecule has 1 fully saturated rings. The van der Waals surface area contributed by atoms with E-state index in [-0.39, 0.29) is 11.8 Å². The zero-order chi connectivity index (χ0) is 18.5. The Morgan fingerprint density at radius 2 is 1.74 bits per heavy atom. The Bertz CT molecular complexity index is 901. The topological polar surface area (TPSA) is 32.3 Å². The second-order valence-electron chi connectivity index (χ2n) is 7.42. The molecule has 0 radical (unpaired) electrons. The molecule has 0 aromatic heterocycles. The van der Waals surface area contributed by atoms with Crippen molar-refractivity contribution in [2.75, 3.05) is 13.1 Å². The Morgan fingerprint density at radius 3 is 2.63 bits per heavy atom. The van der Waals surface area contributed by atoms with Gasteiger partial charge in [0.1, 0.15) is 0 Å². The van der Waals surface area contributed by atoms with E-state index in [9.17, 15) is 4.79 Å². The van der Waals surface area contributed by atoms with Crippen molar-refractivity contribution in [3.63, 3.8) is 0 Å². The third-order valence-corrected chi connectivity index (χ3v) is 5.46. The molecule has 3 heteroatoms. The van der Waals surface area contributed by atoms with E-state index >= 15 is 0 Å². The van der Waals surface area contributed by atoms with Crippen LogP contribution >= 0.6 is 0 Å². The van der Waals surface area contributed by atoms with Gasteiger partial charge in [0.2, 0.25) is 5.91 Å². The molecule has 1 heterocycles. The lowest BCUT2D eigenvalue weighted by molar-refractivity contribution is -0.126. The number of piperidine rings is 1. The fourth-order valence-electron chi connectivity index (χ4n) is 4.03. The molecular weight excluding hydrogens is 332 g/mol. The molecule has 1 saturated heterocycles. The molecule has 27 heavy (non-hydrogen) atoms. The minimum absolute atomic E-state index is 0.0810. The standard InChI is InChI=1S/C24H26N2O/c27-24(25-16-21-12-6-11-20-10-4-5-14-23(20)21)22-13-7-15-26(18-22)17-19-8-2-1-3-9-19/h1-6,8-12,14,22H,7,13,15-18H2,(H,25,27). The minimum atomic E-state index is 0.0810. The summed E-state index contributed by atoms with van der Waals surface area (Å²) < 4.78 is 0. The van der Waals surface area contributed by atoms with Gasteiger partial charge in [0.25, 0.3) is 0 Å². The van der Waals surface area contributed by atoms with Gasteiger partial charge in [-0.25, -0.2) is 0 Å². The average molecular weight is 358 g/mol. The summed E-state index contributed by atoms with van der Waals surface area (Å²) in [5, 5.41) is 5.62. The van der Waals surface area contributed by atoms with E-state index in [0.717, 1.165) is 32.5 Å². The normalized spacial score (nSPS) is 17.7. The lowest BCUT2D eigenvalue weighted by Crippen LogP contribution is -2.42. The van der Waals surface area contributed by atoms with Crippen molar-refractivity contribution in [2.24, 2.45) is 5.92 Å². The Morgan fingerprint density at radius 1 is 0.963 bits per heavy atom. The number of rotatable bonds is 5. The lowest BCUT2D eigenvalue weighted by atomic mass is 9.96. The van der Waals surface area contributed by atoms with Crippen molar-refractivity contribution in [3.8, 4) is 0 Å². The predicted molar refractivity (Wildman–Crippen MR) is 110 cm³/mol. The zero-order valence-electron chi connectivity index (χ0n) is 15.6. The summed E-state index contributed by atoms with van der Waals surface area (Å²) in [6, 6.07) is 25.1. The molecule has 4 rings (SSSR count). The van der Waals surface area contributed by atoms with E-state index in [4.69, 9.17) is 0 Å². The molecule has 138 valence electrons. The quantitative estimate of drug-likeness (QED) is 0.735. The highest BCUT2D eigenvalue weighted by Crippen LogP contribution is 2.21. The minimum Gasteiger partial charge on any atom is -0.352 e. The van der Waals surface area contributed by atoms with Crippen LogP contribution in [-0.4, -0.2) is 23.9 Å². The fraction of sp³-hybridized carbons (Fsp3) is 0.292. The van der Waals surface area contributed by atoms with Crippen LogP contribution in [0.25, 0.3) is 10.8 Å². The maximum absolute atomic E-state index is 12.8. The Labute approximate surface area is 161 Å². The summed E-state index contributed by atoms with van der Waals surface area (Å²) in [5.74, 6) is 0.262. The fourth-order valence-corrected chi connectivity index (χ4v) is 4.03. The van der Waals surface area contributed by atoms with Crippen molar-refractivity contribution in [3.05, 3.63) is 83.9 Å². The first-order chi connectivity index (χ1) is 13.3. The van der Waals surface area contributed by atoms with Gasteiger partial charge in [0.15, 0.2) is 0 Å². The Kier molecular flexibility index (Phi) is 5.50. The maximum Gasteiger partial charge on any atom is 0.224 e. The number of nitrogens with zero attached hydrogens (tertiary/aromatic N) is 1. The predicted octanol–water partition coefficient (Wildman–Crippen LogP) is 4.37. The third-order valence-electron chi connectivity index (χ3n) is 5.46. The van der Waals surface area contributed by atoms with Gasteiger partial charge in [-0.2, -0.15) is 0 Å². The second-order valence-corrected chi connectivity index (χ2v) is 7.42. The van der Waals surface area contributed by atoms with Crippen LogP contribution in [0.2, 0.25) is 0 Å². The Balaban J connectivity index is 1.36. The molecule has 0 spiro atoms. The van der Waals surface area contributed by atoms with Crippen LogP contribution in [0.4, 0.5) is 0 Å². The van der Waals surface area contributed by atoms with Gasteiger partial charge in [-0.3, -0.25) is 9.69 Å². The molecule has 1 amide bonds. The van der Waals surface area contributed by atoms with Crippen LogP contribution in [-0.2, 0) is 17.9 Å². The van der Waals surface area contributed by atoms with E-state index in [2.05, 4.69) is 70.9 Å². The summed E-state index contributed by atoms with van der Waals surface area (Å²) in [7, 11) is 0. The molecule has 3 aromatic carbocycles. The summed E-state index contributed by atoms with van der Waals surface area (Å²) in [5.41, 5.74) is 2.49. The summed E-state index contributed by atoms with van der Waals surface area (Å²) in [6.45, 7) is 3.43. The first kappa shape index (κ1) is 17.7. The molecule has 1 aliphatic heterocycles. The van der Waals surface area contributed by atoms with E-state index in [0.29, 0.717) is 6.54 Å². The van der Waals surface area contributed by atoms with E-state index in [1.54, 1.807) is 0 Å². The molecule has 0 bridgehead atoms. The Hall–Kier alpha value is -2.65. The highest BCUT2D eigenvalue weighted by Gasteiger charge is 2.25. The number of fused-ring (bicyclic) bond motifs is 1. The summed E-state index contributed by atoms with van der Waals surface area (Å²) >= 11 is 0. The number of carbonyl (C=O) groups is 1. The second kappa shape index (κ2) is 8.36. The van der Waals surface area contributed by atoms with E-state index in [1.165, 1.54) is 21.9 Å². The van der Waals surface area contributed by atoms with Crippen molar-refractivity contribution in [1.29, 1.82) is 0 Å². The first-order valence-corrected chi connectivity index (χ1v) is 9.80. The zero-order valence-corrected chi connectivity index (χ0v) is 15.6. The van der Waals surface area contributed by atoms with Crippen LogP contribution in [0.5, 0.6) is 0 Å². The van der Waals surface area contributed by atoms with Gasteiger partial charge in [0, 0.05) is 19.6 Å². The summed E-state index contributed by atoms with van der Waals surface area (Å²) in [4.78, 5) is 15.2. The number of likely N-dealkylation sites (tertiary alicyclic amines) is 1.